The highest BCUT2D eigenvalue weighted by Crippen LogP contribution is 2.20. The van der Waals surface area contributed by atoms with E-state index in [0.717, 1.165) is 29.7 Å². The Kier molecular flexibility index (Phi) is 7.47. The molecule has 8 heteroatoms. The van der Waals surface area contributed by atoms with E-state index in [0.29, 0.717) is 12.1 Å². The number of nitrogens with one attached hydrogen (secondary N) is 2. The molecule has 2 aromatic carbocycles. The number of amides is 1. The maximum atomic E-state index is 12.6. The Morgan fingerprint density at radius 1 is 1.09 bits per heavy atom. The minimum atomic E-state index is -0.578. The van der Waals surface area contributed by atoms with E-state index in [1.807, 2.05) is 24.3 Å². The molecular weight excluding hydrogens is 444 g/mol. The number of hydrogen-bond acceptors (Lipinski definition) is 6. The largest absolute Gasteiger partial charge is 0.502 e. The van der Waals surface area contributed by atoms with Crippen LogP contribution >= 0.6 is 0 Å². The van der Waals surface area contributed by atoms with Gasteiger partial charge in [-0.05, 0) is 73.2 Å². The predicted octanol–water partition coefficient (Wildman–Crippen LogP) is 2.09. The van der Waals surface area contributed by atoms with E-state index >= 15 is 0 Å². The van der Waals surface area contributed by atoms with Gasteiger partial charge in [-0.2, -0.15) is 0 Å². The van der Waals surface area contributed by atoms with Crippen molar-refractivity contribution in [3.63, 3.8) is 0 Å². The number of hydrogen-bond donors (Lipinski definition) is 4. The van der Waals surface area contributed by atoms with Gasteiger partial charge in [-0.25, -0.2) is 4.98 Å². The maximum absolute atomic E-state index is 12.6. The number of aliphatic hydroxyl groups excluding tert-OH is 1. The summed E-state index contributed by atoms with van der Waals surface area (Å²) in [5, 5.41) is 22.2. The summed E-state index contributed by atoms with van der Waals surface area (Å²) in [4.78, 5) is 32.0. The second-order valence-corrected chi connectivity index (χ2v) is 8.01. The number of aromatic nitrogens is 2. The van der Waals surface area contributed by atoms with Crippen LogP contribution in [0.5, 0.6) is 5.75 Å². The maximum Gasteiger partial charge on any atom is 0.293 e. The zero-order valence-corrected chi connectivity index (χ0v) is 18.9. The van der Waals surface area contributed by atoms with Crippen molar-refractivity contribution in [1.29, 1.82) is 0 Å². The molecule has 0 aliphatic carbocycles. The molecule has 1 amide bonds. The van der Waals surface area contributed by atoms with Crippen LogP contribution in [-0.2, 0) is 6.54 Å². The molecular formula is C27H24N4O4. The predicted molar refractivity (Wildman–Crippen MR) is 132 cm³/mol. The first-order valence-electron chi connectivity index (χ1n) is 11.2. The quantitative estimate of drug-likeness (QED) is 0.426. The van der Waals surface area contributed by atoms with E-state index < -0.39 is 11.3 Å². The van der Waals surface area contributed by atoms with Crippen molar-refractivity contribution in [2.45, 2.75) is 25.4 Å². The Bertz CT molecular complexity index is 1370. The number of anilines is 1. The van der Waals surface area contributed by atoms with Gasteiger partial charge in [0.1, 0.15) is 5.69 Å². The van der Waals surface area contributed by atoms with Gasteiger partial charge in [0.25, 0.3) is 11.5 Å². The Morgan fingerprint density at radius 2 is 1.74 bits per heavy atom. The number of aliphatic hydroxyl groups is 1. The number of carbonyl (C=O) groups excluding carboxylic acids is 1. The fourth-order valence-electron chi connectivity index (χ4n) is 3.78. The smallest absolute Gasteiger partial charge is 0.293 e. The molecule has 176 valence electrons. The van der Waals surface area contributed by atoms with E-state index in [1.54, 1.807) is 29.2 Å². The van der Waals surface area contributed by atoms with Crippen LogP contribution in [0.3, 0.4) is 0 Å². The first kappa shape index (κ1) is 23.6. The van der Waals surface area contributed by atoms with Crippen LogP contribution in [-0.4, -0.2) is 50.2 Å². The van der Waals surface area contributed by atoms with Gasteiger partial charge < -0.3 is 25.4 Å². The van der Waals surface area contributed by atoms with Gasteiger partial charge in [0, 0.05) is 28.9 Å². The Labute approximate surface area is 202 Å². The SMILES string of the molecule is O=C(c1ccc(C#CC#Cc2ccc(NCc3nc[nH]c(=O)c3O)cc2)cc1)N1CCC[C@H]1CO. The fourth-order valence-corrected chi connectivity index (χ4v) is 3.78. The van der Waals surface area contributed by atoms with Crippen molar-refractivity contribution in [3.8, 4) is 29.4 Å². The topological polar surface area (TPSA) is 119 Å². The zero-order valence-electron chi connectivity index (χ0n) is 18.9. The number of nitrogens with zero attached hydrogens (tertiary/aromatic N) is 2. The molecule has 35 heavy (non-hydrogen) atoms. The second kappa shape index (κ2) is 11.1. The number of aromatic hydroxyl groups is 1. The lowest BCUT2D eigenvalue weighted by atomic mass is 10.1. The summed E-state index contributed by atoms with van der Waals surface area (Å²) in [6.07, 6.45) is 2.99. The molecule has 0 radical (unpaired) electrons. The lowest BCUT2D eigenvalue weighted by Gasteiger charge is -2.23. The number of rotatable bonds is 5. The third-order valence-corrected chi connectivity index (χ3v) is 5.71. The Balaban J connectivity index is 1.32. The molecule has 0 saturated carbocycles. The summed E-state index contributed by atoms with van der Waals surface area (Å²) >= 11 is 0. The average Bonchev–Trinajstić information content (AvgIpc) is 3.37. The first-order valence-corrected chi connectivity index (χ1v) is 11.2. The van der Waals surface area contributed by atoms with Crippen LogP contribution in [0.4, 0.5) is 5.69 Å². The minimum absolute atomic E-state index is 0.00873. The zero-order chi connectivity index (χ0) is 24.6. The number of aromatic amines is 1. The molecule has 1 aliphatic heterocycles. The summed E-state index contributed by atoms with van der Waals surface area (Å²) in [5.74, 6) is 11.1. The van der Waals surface area contributed by atoms with E-state index in [9.17, 15) is 19.8 Å². The van der Waals surface area contributed by atoms with E-state index in [-0.39, 0.29) is 30.8 Å². The lowest BCUT2D eigenvalue weighted by Crippen LogP contribution is -2.37. The van der Waals surface area contributed by atoms with Crippen molar-refractivity contribution < 1.29 is 15.0 Å². The van der Waals surface area contributed by atoms with Crippen molar-refractivity contribution in [2.75, 3.05) is 18.5 Å². The molecule has 8 nitrogen and oxygen atoms in total. The van der Waals surface area contributed by atoms with Gasteiger partial charge in [0.05, 0.1) is 25.5 Å². The van der Waals surface area contributed by atoms with Crippen molar-refractivity contribution in [3.05, 3.63) is 87.6 Å². The highest BCUT2D eigenvalue weighted by molar-refractivity contribution is 5.94. The summed E-state index contributed by atoms with van der Waals surface area (Å²) in [6, 6.07) is 14.3. The molecule has 1 fully saturated rings. The number of benzene rings is 2. The van der Waals surface area contributed by atoms with Crippen molar-refractivity contribution >= 4 is 11.6 Å². The van der Waals surface area contributed by atoms with Crippen molar-refractivity contribution in [1.82, 2.24) is 14.9 Å². The van der Waals surface area contributed by atoms with E-state index in [2.05, 4.69) is 39.0 Å². The Morgan fingerprint density at radius 3 is 2.40 bits per heavy atom. The van der Waals surface area contributed by atoms with Crippen LogP contribution in [0.15, 0.2) is 59.7 Å². The average molecular weight is 469 g/mol. The van der Waals surface area contributed by atoms with Gasteiger partial charge in [-0.15, -0.1) is 0 Å². The van der Waals surface area contributed by atoms with Gasteiger partial charge >= 0.3 is 0 Å². The highest BCUT2D eigenvalue weighted by atomic mass is 16.3. The summed E-state index contributed by atoms with van der Waals surface area (Å²) < 4.78 is 0. The van der Waals surface area contributed by atoms with E-state index in [4.69, 9.17) is 0 Å². The normalized spacial score (nSPS) is 14.4. The Hall–Kier alpha value is -4.53. The standard InChI is InChI=1S/C27H24N4O4/c32-17-23-6-3-15-31(23)27(35)21-11-7-19(8-12-21)4-1-2-5-20-9-13-22(14-10-20)28-16-24-25(33)26(34)30-18-29-24/h7-14,18,23,28,32-33H,3,6,15-17H2,(H,29,30,34)/t23-/m0/s1. The number of likely N-dealkylation sites (tertiary alicyclic amines) is 1. The van der Waals surface area contributed by atoms with Crippen LogP contribution in [0, 0.1) is 23.7 Å². The molecule has 1 atom stereocenters. The van der Waals surface area contributed by atoms with Crippen LogP contribution in [0.25, 0.3) is 0 Å². The highest BCUT2D eigenvalue weighted by Gasteiger charge is 2.28. The molecule has 4 N–H and O–H groups in total. The molecule has 2 heterocycles. The third kappa shape index (κ3) is 5.89. The monoisotopic (exact) mass is 468 g/mol. The van der Waals surface area contributed by atoms with E-state index in [1.165, 1.54) is 6.33 Å². The van der Waals surface area contributed by atoms with Gasteiger partial charge in [0.2, 0.25) is 5.75 Å². The molecule has 0 spiro atoms. The molecule has 0 bridgehead atoms. The summed E-state index contributed by atoms with van der Waals surface area (Å²) in [7, 11) is 0. The minimum Gasteiger partial charge on any atom is -0.502 e. The molecule has 1 aliphatic rings. The fraction of sp³-hybridized carbons (Fsp3) is 0.222. The number of carbonyl (C=O) groups is 1. The molecule has 0 unspecified atom stereocenters. The van der Waals surface area contributed by atoms with Crippen LogP contribution in [0.2, 0.25) is 0 Å². The molecule has 4 rings (SSSR count). The second-order valence-electron chi connectivity index (χ2n) is 8.01. The number of H-pyrrole nitrogens is 1. The van der Waals surface area contributed by atoms with Gasteiger partial charge in [-0.3, -0.25) is 9.59 Å². The van der Waals surface area contributed by atoms with Gasteiger partial charge in [-0.1, -0.05) is 11.8 Å². The van der Waals surface area contributed by atoms with Crippen molar-refractivity contribution in [2.24, 2.45) is 0 Å². The molecule has 1 aromatic heterocycles. The van der Waals surface area contributed by atoms with Gasteiger partial charge in [0.15, 0.2) is 0 Å². The summed E-state index contributed by atoms with van der Waals surface area (Å²) in [6.45, 7) is 0.870. The van der Waals surface area contributed by atoms with Crippen LogP contribution < -0.4 is 10.9 Å². The first-order chi connectivity index (χ1) is 17.0. The lowest BCUT2D eigenvalue weighted by molar-refractivity contribution is 0.0677. The van der Waals surface area contributed by atoms with Crippen LogP contribution in [0.1, 0.15) is 40.0 Å². The molecule has 3 aromatic rings. The molecule has 1 saturated heterocycles. The third-order valence-electron chi connectivity index (χ3n) is 5.71. The summed E-state index contributed by atoms with van der Waals surface area (Å²) in [5.41, 5.74) is 2.60.